The van der Waals surface area contributed by atoms with Crippen LogP contribution < -0.4 is 10.6 Å². The highest BCUT2D eigenvalue weighted by atomic mass is 19.1. The van der Waals surface area contributed by atoms with Gasteiger partial charge in [-0.15, -0.1) is 0 Å². The first kappa shape index (κ1) is 17.7. The van der Waals surface area contributed by atoms with E-state index in [2.05, 4.69) is 10.6 Å². The smallest absolute Gasteiger partial charge is 0.251 e. The molecule has 5 heteroatoms. The van der Waals surface area contributed by atoms with E-state index in [4.69, 9.17) is 0 Å². The summed E-state index contributed by atoms with van der Waals surface area (Å²) in [4.78, 5) is 24.0. The summed E-state index contributed by atoms with van der Waals surface area (Å²) < 4.78 is 13.5. The van der Waals surface area contributed by atoms with Crippen LogP contribution in [0.25, 0.3) is 0 Å². The lowest BCUT2D eigenvalue weighted by atomic mass is 10.1. The third-order valence-electron chi connectivity index (χ3n) is 3.48. The summed E-state index contributed by atoms with van der Waals surface area (Å²) in [5.41, 5.74) is 1.35. The molecule has 0 aliphatic heterocycles. The lowest BCUT2D eigenvalue weighted by Gasteiger charge is -2.09. The van der Waals surface area contributed by atoms with Crippen molar-refractivity contribution in [3.63, 3.8) is 0 Å². The van der Waals surface area contributed by atoms with E-state index in [1.807, 2.05) is 13.8 Å². The highest BCUT2D eigenvalue weighted by Crippen LogP contribution is 2.08. The predicted molar refractivity (Wildman–Crippen MR) is 91.2 cm³/mol. The number of rotatable bonds is 6. The molecule has 0 bridgehead atoms. The van der Waals surface area contributed by atoms with Crippen LogP contribution in [0.2, 0.25) is 0 Å². The minimum absolute atomic E-state index is 0.113. The Kier molecular flexibility index (Phi) is 6.07. The Morgan fingerprint density at radius 3 is 2.00 bits per heavy atom. The highest BCUT2D eigenvalue weighted by Gasteiger charge is 2.10. The fraction of sp³-hybridized carbons (Fsp3) is 0.263. The summed E-state index contributed by atoms with van der Waals surface area (Å²) in [6.45, 7) is 4.75. The van der Waals surface area contributed by atoms with Gasteiger partial charge in [-0.25, -0.2) is 4.39 Å². The topological polar surface area (TPSA) is 58.2 Å². The SMILES string of the molecule is CC(C)CNC(=O)c1ccc(C(=O)NCc2ccccc2F)cc1. The van der Waals surface area contributed by atoms with Crippen molar-refractivity contribution in [3.8, 4) is 0 Å². The van der Waals surface area contributed by atoms with Gasteiger partial charge in [0.1, 0.15) is 5.82 Å². The minimum atomic E-state index is -0.352. The first-order valence-corrected chi connectivity index (χ1v) is 7.87. The summed E-state index contributed by atoms with van der Waals surface area (Å²) >= 11 is 0. The zero-order chi connectivity index (χ0) is 17.5. The van der Waals surface area contributed by atoms with Crippen LogP contribution in [0.3, 0.4) is 0 Å². The summed E-state index contributed by atoms with van der Waals surface area (Å²) in [7, 11) is 0. The van der Waals surface area contributed by atoms with Crippen LogP contribution >= 0.6 is 0 Å². The molecule has 0 aliphatic carbocycles. The number of amides is 2. The van der Waals surface area contributed by atoms with Crippen molar-refractivity contribution in [2.75, 3.05) is 6.54 Å². The summed E-state index contributed by atoms with van der Waals surface area (Å²) in [6, 6.07) is 12.7. The molecule has 0 atom stereocenters. The Bertz CT molecular complexity index is 712. The van der Waals surface area contributed by atoms with E-state index in [-0.39, 0.29) is 24.2 Å². The summed E-state index contributed by atoms with van der Waals surface area (Å²) in [5.74, 6) is -0.457. The molecular formula is C19H21FN2O2. The van der Waals surface area contributed by atoms with Gasteiger partial charge in [-0.3, -0.25) is 9.59 Å². The fourth-order valence-electron chi connectivity index (χ4n) is 2.09. The lowest BCUT2D eigenvalue weighted by molar-refractivity contribution is 0.0938. The first-order valence-electron chi connectivity index (χ1n) is 7.87. The Morgan fingerprint density at radius 2 is 1.46 bits per heavy atom. The van der Waals surface area contributed by atoms with Gasteiger partial charge in [0.05, 0.1) is 0 Å². The third-order valence-corrected chi connectivity index (χ3v) is 3.48. The molecule has 0 fully saturated rings. The molecule has 2 amide bonds. The second-order valence-electron chi connectivity index (χ2n) is 5.96. The monoisotopic (exact) mass is 328 g/mol. The zero-order valence-electron chi connectivity index (χ0n) is 13.8. The van der Waals surface area contributed by atoms with E-state index >= 15 is 0 Å². The largest absolute Gasteiger partial charge is 0.352 e. The number of halogens is 1. The van der Waals surface area contributed by atoms with Crippen molar-refractivity contribution >= 4 is 11.8 Å². The normalized spacial score (nSPS) is 10.5. The molecule has 2 rings (SSSR count). The maximum Gasteiger partial charge on any atom is 0.251 e. The van der Waals surface area contributed by atoms with Crippen LogP contribution in [0.5, 0.6) is 0 Å². The number of hydrogen-bond acceptors (Lipinski definition) is 2. The second-order valence-corrected chi connectivity index (χ2v) is 5.96. The predicted octanol–water partition coefficient (Wildman–Crippen LogP) is 3.14. The maximum atomic E-state index is 13.5. The summed E-state index contributed by atoms with van der Waals surface area (Å²) in [5, 5.41) is 5.48. The molecule has 2 aromatic rings. The van der Waals surface area contributed by atoms with Gasteiger partial charge in [-0.1, -0.05) is 32.0 Å². The van der Waals surface area contributed by atoms with Gasteiger partial charge in [0.25, 0.3) is 11.8 Å². The zero-order valence-corrected chi connectivity index (χ0v) is 13.8. The molecule has 0 aliphatic rings. The molecule has 2 N–H and O–H groups in total. The average Bonchev–Trinajstić information content (AvgIpc) is 2.58. The van der Waals surface area contributed by atoms with Gasteiger partial charge in [0.2, 0.25) is 0 Å². The van der Waals surface area contributed by atoms with Crippen molar-refractivity contribution in [2.24, 2.45) is 5.92 Å². The third kappa shape index (κ3) is 4.91. The number of nitrogens with one attached hydrogen (secondary N) is 2. The van der Waals surface area contributed by atoms with E-state index in [0.717, 1.165) is 0 Å². The maximum absolute atomic E-state index is 13.5. The molecule has 0 unspecified atom stereocenters. The van der Waals surface area contributed by atoms with Crippen molar-refractivity contribution < 1.29 is 14.0 Å². The quantitative estimate of drug-likeness (QED) is 0.856. The molecule has 4 nitrogen and oxygen atoms in total. The van der Waals surface area contributed by atoms with Crippen molar-refractivity contribution in [2.45, 2.75) is 20.4 Å². The molecule has 0 saturated heterocycles. The van der Waals surface area contributed by atoms with Crippen LogP contribution in [0.1, 0.15) is 40.1 Å². The standard InChI is InChI=1S/C19H21FN2O2/c1-13(2)11-21-18(23)14-7-9-15(10-8-14)19(24)22-12-16-5-3-4-6-17(16)20/h3-10,13H,11-12H2,1-2H3,(H,21,23)(H,22,24). The van der Waals surface area contributed by atoms with Crippen LogP contribution in [0.4, 0.5) is 4.39 Å². The molecule has 0 spiro atoms. The van der Waals surface area contributed by atoms with E-state index in [9.17, 15) is 14.0 Å². The van der Waals surface area contributed by atoms with Crippen molar-refractivity contribution in [1.29, 1.82) is 0 Å². The van der Waals surface area contributed by atoms with Crippen molar-refractivity contribution in [1.82, 2.24) is 10.6 Å². The van der Waals surface area contributed by atoms with Crippen LogP contribution in [-0.4, -0.2) is 18.4 Å². The van der Waals surface area contributed by atoms with E-state index in [1.165, 1.54) is 6.07 Å². The van der Waals surface area contributed by atoms with Crippen LogP contribution in [0.15, 0.2) is 48.5 Å². The Morgan fingerprint density at radius 1 is 0.917 bits per heavy atom. The molecule has 0 heterocycles. The van der Waals surface area contributed by atoms with Gasteiger partial charge in [-0.2, -0.15) is 0 Å². The highest BCUT2D eigenvalue weighted by molar-refractivity contribution is 5.97. The van der Waals surface area contributed by atoms with E-state index < -0.39 is 0 Å². The molecule has 2 aromatic carbocycles. The summed E-state index contributed by atoms with van der Waals surface area (Å²) in [6.07, 6.45) is 0. The Labute approximate surface area is 141 Å². The molecule has 24 heavy (non-hydrogen) atoms. The second kappa shape index (κ2) is 8.24. The van der Waals surface area contributed by atoms with Gasteiger partial charge in [0.15, 0.2) is 0 Å². The van der Waals surface area contributed by atoms with Gasteiger partial charge >= 0.3 is 0 Å². The van der Waals surface area contributed by atoms with Crippen LogP contribution in [0, 0.1) is 11.7 Å². The van der Waals surface area contributed by atoms with Gasteiger partial charge in [0, 0.05) is 29.8 Å². The Balaban J connectivity index is 1.93. The van der Waals surface area contributed by atoms with E-state index in [0.29, 0.717) is 29.2 Å². The van der Waals surface area contributed by atoms with Crippen LogP contribution in [-0.2, 0) is 6.54 Å². The van der Waals surface area contributed by atoms with Gasteiger partial charge < -0.3 is 10.6 Å². The number of carbonyl (C=O) groups excluding carboxylic acids is 2. The number of carbonyl (C=O) groups is 2. The molecule has 0 saturated carbocycles. The molecular weight excluding hydrogens is 307 g/mol. The lowest BCUT2D eigenvalue weighted by Crippen LogP contribution is -2.27. The van der Waals surface area contributed by atoms with E-state index in [1.54, 1.807) is 42.5 Å². The minimum Gasteiger partial charge on any atom is -0.352 e. The number of benzene rings is 2. The molecule has 0 aromatic heterocycles. The fourth-order valence-corrected chi connectivity index (χ4v) is 2.09. The van der Waals surface area contributed by atoms with Gasteiger partial charge in [-0.05, 0) is 36.2 Å². The molecule has 126 valence electrons. The molecule has 0 radical (unpaired) electrons. The van der Waals surface area contributed by atoms with Crippen molar-refractivity contribution in [3.05, 3.63) is 71.0 Å². The number of hydrogen-bond donors (Lipinski definition) is 2. The first-order chi connectivity index (χ1) is 11.5. The average molecular weight is 328 g/mol. The Hall–Kier alpha value is -2.69.